The van der Waals surface area contributed by atoms with Gasteiger partial charge in [0.25, 0.3) is 0 Å². The highest BCUT2D eigenvalue weighted by atomic mass is 32.1. The van der Waals surface area contributed by atoms with Crippen LogP contribution >= 0.6 is 11.3 Å². The van der Waals surface area contributed by atoms with Crippen LogP contribution in [0.25, 0.3) is 10.2 Å². The number of fused-ring (bicyclic) bond motifs is 1. The molecule has 2 heterocycles. The average molecular weight is 304 g/mol. The van der Waals surface area contributed by atoms with Crippen molar-refractivity contribution in [1.29, 1.82) is 0 Å². The summed E-state index contributed by atoms with van der Waals surface area (Å²) in [5.74, 6) is 0.960. The summed E-state index contributed by atoms with van der Waals surface area (Å²) in [4.78, 5) is 4.73. The molecule has 0 amide bonds. The fourth-order valence-electron chi connectivity index (χ4n) is 2.67. The van der Waals surface area contributed by atoms with Crippen molar-refractivity contribution in [2.45, 2.75) is 46.1 Å². The molecule has 1 aromatic carbocycles. The molecule has 1 aliphatic heterocycles. The van der Waals surface area contributed by atoms with Crippen molar-refractivity contribution >= 4 is 21.6 Å². The molecule has 1 N–H and O–H groups in total. The Morgan fingerprint density at radius 2 is 2.24 bits per heavy atom. The van der Waals surface area contributed by atoms with Crippen molar-refractivity contribution in [3.05, 3.63) is 23.2 Å². The minimum atomic E-state index is 0.279. The first kappa shape index (κ1) is 14.8. The van der Waals surface area contributed by atoms with E-state index in [1.165, 1.54) is 22.5 Å². The molecular weight excluding hydrogens is 280 g/mol. The second-order valence-electron chi connectivity index (χ2n) is 7.08. The van der Waals surface area contributed by atoms with E-state index in [1.807, 2.05) is 6.07 Å². The lowest BCUT2D eigenvalue weighted by Crippen LogP contribution is -2.28. The Bertz CT molecular complexity index is 609. The van der Waals surface area contributed by atoms with Crippen LogP contribution in [0.15, 0.2) is 18.2 Å². The molecule has 3 nitrogen and oxygen atoms in total. The Labute approximate surface area is 130 Å². The van der Waals surface area contributed by atoms with Crippen LogP contribution in [0, 0.1) is 5.41 Å². The zero-order valence-corrected chi connectivity index (χ0v) is 13.9. The lowest BCUT2D eigenvalue weighted by Gasteiger charge is -2.15. The van der Waals surface area contributed by atoms with Gasteiger partial charge in [0.05, 0.1) is 15.2 Å². The number of aromatic nitrogens is 1. The minimum Gasteiger partial charge on any atom is -0.492 e. The van der Waals surface area contributed by atoms with Gasteiger partial charge in [-0.3, -0.25) is 0 Å². The van der Waals surface area contributed by atoms with Gasteiger partial charge in [-0.05, 0) is 43.0 Å². The fraction of sp³-hybridized carbons (Fsp3) is 0.588. The van der Waals surface area contributed by atoms with Crippen LogP contribution in [0.4, 0.5) is 0 Å². The SMILES string of the molecule is CC(C)(C)Cc1nc2ccc(OCC3CCCN3)cc2s1. The molecule has 114 valence electrons. The van der Waals surface area contributed by atoms with E-state index < -0.39 is 0 Å². The highest BCUT2D eigenvalue weighted by molar-refractivity contribution is 7.18. The molecule has 1 aromatic heterocycles. The van der Waals surface area contributed by atoms with E-state index in [4.69, 9.17) is 9.72 Å². The summed E-state index contributed by atoms with van der Waals surface area (Å²) in [5, 5.41) is 4.67. The van der Waals surface area contributed by atoms with Gasteiger partial charge in [0.15, 0.2) is 0 Å². The molecule has 3 rings (SSSR count). The van der Waals surface area contributed by atoms with Crippen molar-refractivity contribution < 1.29 is 4.74 Å². The quantitative estimate of drug-likeness (QED) is 0.926. The van der Waals surface area contributed by atoms with E-state index in [2.05, 4.69) is 38.2 Å². The summed E-state index contributed by atoms with van der Waals surface area (Å²) in [6, 6.07) is 6.76. The van der Waals surface area contributed by atoms with Gasteiger partial charge in [0.1, 0.15) is 12.4 Å². The predicted octanol–water partition coefficient (Wildman–Crippen LogP) is 4.02. The van der Waals surface area contributed by atoms with Gasteiger partial charge in [-0.1, -0.05) is 20.8 Å². The van der Waals surface area contributed by atoms with Crippen LogP contribution in [-0.2, 0) is 6.42 Å². The molecule has 0 bridgehead atoms. The smallest absolute Gasteiger partial charge is 0.120 e. The van der Waals surface area contributed by atoms with E-state index in [0.717, 1.165) is 30.8 Å². The predicted molar refractivity (Wildman–Crippen MR) is 89.3 cm³/mol. The Kier molecular flexibility index (Phi) is 4.18. The molecule has 4 heteroatoms. The van der Waals surface area contributed by atoms with Crippen LogP contribution in [0.2, 0.25) is 0 Å². The maximum absolute atomic E-state index is 5.92. The molecule has 2 aromatic rings. The molecule has 1 aliphatic rings. The number of rotatable bonds is 4. The summed E-state index contributed by atoms with van der Waals surface area (Å²) in [6.45, 7) is 8.64. The van der Waals surface area contributed by atoms with Crippen molar-refractivity contribution in [1.82, 2.24) is 10.3 Å². The summed E-state index contributed by atoms with van der Waals surface area (Å²) in [6.07, 6.45) is 3.51. The van der Waals surface area contributed by atoms with E-state index in [9.17, 15) is 0 Å². The topological polar surface area (TPSA) is 34.1 Å². The molecule has 1 unspecified atom stereocenters. The molecule has 0 aliphatic carbocycles. The van der Waals surface area contributed by atoms with Crippen LogP contribution in [0.3, 0.4) is 0 Å². The summed E-state index contributed by atoms with van der Waals surface area (Å²) >= 11 is 1.79. The largest absolute Gasteiger partial charge is 0.492 e. The van der Waals surface area contributed by atoms with E-state index in [0.29, 0.717) is 6.04 Å². The Balaban J connectivity index is 1.70. The highest BCUT2D eigenvalue weighted by Gasteiger charge is 2.16. The summed E-state index contributed by atoms with van der Waals surface area (Å²) < 4.78 is 7.15. The number of hydrogen-bond donors (Lipinski definition) is 1. The number of thiazole rings is 1. The fourth-order valence-corrected chi connectivity index (χ4v) is 3.96. The molecule has 1 atom stereocenters. The Morgan fingerprint density at radius 1 is 1.38 bits per heavy atom. The van der Waals surface area contributed by atoms with Crippen molar-refractivity contribution in [3.63, 3.8) is 0 Å². The molecular formula is C17H24N2OS. The molecule has 1 fully saturated rings. The lowest BCUT2D eigenvalue weighted by atomic mass is 9.93. The van der Waals surface area contributed by atoms with Crippen molar-refractivity contribution in [3.8, 4) is 5.75 Å². The van der Waals surface area contributed by atoms with Crippen LogP contribution < -0.4 is 10.1 Å². The van der Waals surface area contributed by atoms with E-state index in [1.54, 1.807) is 11.3 Å². The number of benzene rings is 1. The normalized spacial score (nSPS) is 19.3. The molecule has 0 saturated carbocycles. The number of ether oxygens (including phenoxy) is 1. The standard InChI is InChI=1S/C17H24N2OS/c1-17(2,3)10-16-19-14-7-6-13(9-15(14)21-16)20-11-12-5-4-8-18-12/h6-7,9,12,18H,4-5,8,10-11H2,1-3H3. The minimum absolute atomic E-state index is 0.279. The number of hydrogen-bond acceptors (Lipinski definition) is 4. The van der Waals surface area contributed by atoms with Crippen LogP contribution in [0.1, 0.15) is 38.6 Å². The highest BCUT2D eigenvalue weighted by Crippen LogP contribution is 2.30. The van der Waals surface area contributed by atoms with Crippen molar-refractivity contribution in [2.75, 3.05) is 13.2 Å². The van der Waals surface area contributed by atoms with Crippen molar-refractivity contribution in [2.24, 2.45) is 5.41 Å². The summed E-state index contributed by atoms with van der Waals surface area (Å²) in [5.41, 5.74) is 1.37. The monoisotopic (exact) mass is 304 g/mol. The first-order chi connectivity index (χ1) is 9.99. The zero-order valence-electron chi connectivity index (χ0n) is 13.1. The van der Waals surface area contributed by atoms with Crippen LogP contribution in [-0.4, -0.2) is 24.2 Å². The van der Waals surface area contributed by atoms with Gasteiger partial charge >= 0.3 is 0 Å². The van der Waals surface area contributed by atoms with Gasteiger partial charge in [-0.15, -0.1) is 11.3 Å². The third kappa shape index (κ3) is 3.95. The van der Waals surface area contributed by atoms with E-state index >= 15 is 0 Å². The third-order valence-corrected chi connectivity index (χ3v) is 4.72. The molecule has 0 radical (unpaired) electrons. The first-order valence-corrected chi connectivity index (χ1v) is 8.57. The second-order valence-corrected chi connectivity index (χ2v) is 8.19. The second kappa shape index (κ2) is 5.93. The van der Waals surface area contributed by atoms with Crippen LogP contribution in [0.5, 0.6) is 5.75 Å². The zero-order chi connectivity index (χ0) is 14.9. The van der Waals surface area contributed by atoms with Gasteiger partial charge < -0.3 is 10.1 Å². The van der Waals surface area contributed by atoms with Gasteiger partial charge in [-0.2, -0.15) is 0 Å². The molecule has 0 spiro atoms. The number of nitrogens with zero attached hydrogens (tertiary/aromatic N) is 1. The maximum atomic E-state index is 5.92. The Hall–Kier alpha value is -1.13. The average Bonchev–Trinajstić information content (AvgIpc) is 3.01. The van der Waals surface area contributed by atoms with Gasteiger partial charge in [0.2, 0.25) is 0 Å². The third-order valence-electron chi connectivity index (χ3n) is 3.70. The lowest BCUT2D eigenvalue weighted by molar-refractivity contribution is 0.277. The van der Waals surface area contributed by atoms with E-state index in [-0.39, 0.29) is 5.41 Å². The molecule has 1 saturated heterocycles. The first-order valence-electron chi connectivity index (χ1n) is 7.75. The Morgan fingerprint density at radius 3 is 2.95 bits per heavy atom. The van der Waals surface area contributed by atoms with Gasteiger partial charge in [-0.25, -0.2) is 4.98 Å². The number of nitrogens with one attached hydrogen (secondary N) is 1. The summed E-state index contributed by atoms with van der Waals surface area (Å²) in [7, 11) is 0. The van der Waals surface area contributed by atoms with Gasteiger partial charge in [0, 0.05) is 12.5 Å². The maximum Gasteiger partial charge on any atom is 0.120 e. The molecule has 21 heavy (non-hydrogen) atoms.